The molecule has 3 rings (SSSR count). The van der Waals surface area contributed by atoms with Crippen LogP contribution in [0.15, 0.2) is 47.3 Å². The first-order valence-electron chi connectivity index (χ1n) is 7.21. The van der Waals surface area contributed by atoms with Crippen molar-refractivity contribution in [3.63, 3.8) is 0 Å². The van der Waals surface area contributed by atoms with Gasteiger partial charge in [-0.3, -0.25) is 9.36 Å². The number of H-pyrrole nitrogens is 1. The smallest absolute Gasteiger partial charge is 0.326 e. The van der Waals surface area contributed by atoms with Crippen LogP contribution in [0.5, 0.6) is 5.75 Å². The lowest BCUT2D eigenvalue weighted by molar-refractivity contribution is -0.118. The molecule has 0 fully saturated rings. The van der Waals surface area contributed by atoms with E-state index in [4.69, 9.17) is 4.74 Å². The number of nitrogens with zero attached hydrogens (tertiary/aromatic N) is 1. The summed E-state index contributed by atoms with van der Waals surface area (Å²) in [5, 5.41) is 2.76. The van der Waals surface area contributed by atoms with Crippen LogP contribution in [0, 0.1) is 6.92 Å². The summed E-state index contributed by atoms with van der Waals surface area (Å²) in [5.41, 5.74) is 2.85. The second kappa shape index (κ2) is 6.00. The van der Waals surface area contributed by atoms with Gasteiger partial charge in [0.05, 0.1) is 11.0 Å². The minimum absolute atomic E-state index is 0.0752. The van der Waals surface area contributed by atoms with Gasteiger partial charge < -0.3 is 15.0 Å². The number of hydrogen-bond donors (Lipinski definition) is 2. The Kier molecular flexibility index (Phi) is 3.89. The molecule has 118 valence electrons. The number of ether oxygens (including phenoxy) is 1. The number of aryl methyl sites for hydroxylation is 2. The van der Waals surface area contributed by atoms with E-state index in [1.807, 2.05) is 31.2 Å². The van der Waals surface area contributed by atoms with Crippen molar-refractivity contribution >= 4 is 22.6 Å². The number of para-hydroxylation sites is 1. The maximum absolute atomic E-state index is 12.0. The third kappa shape index (κ3) is 3.11. The van der Waals surface area contributed by atoms with Crippen LogP contribution in [0.2, 0.25) is 0 Å². The zero-order valence-electron chi connectivity index (χ0n) is 12.9. The second-order valence-corrected chi connectivity index (χ2v) is 5.32. The number of imidazole rings is 1. The van der Waals surface area contributed by atoms with Gasteiger partial charge in [0, 0.05) is 12.7 Å². The number of anilines is 1. The van der Waals surface area contributed by atoms with Gasteiger partial charge in [-0.05, 0) is 36.8 Å². The number of amides is 1. The molecule has 0 atom stereocenters. The number of nitrogens with one attached hydrogen (secondary N) is 2. The van der Waals surface area contributed by atoms with E-state index in [0.29, 0.717) is 17.0 Å². The minimum Gasteiger partial charge on any atom is -0.483 e. The third-order valence-corrected chi connectivity index (χ3v) is 3.64. The molecule has 3 aromatic rings. The first-order chi connectivity index (χ1) is 11.0. The van der Waals surface area contributed by atoms with E-state index in [2.05, 4.69) is 10.3 Å². The Hall–Kier alpha value is -3.02. The van der Waals surface area contributed by atoms with Gasteiger partial charge in [0.25, 0.3) is 5.91 Å². The lowest BCUT2D eigenvalue weighted by Crippen LogP contribution is -2.20. The summed E-state index contributed by atoms with van der Waals surface area (Å²) in [6, 6.07) is 12.8. The number of fused-ring (bicyclic) bond motifs is 1. The van der Waals surface area contributed by atoms with Gasteiger partial charge in [-0.15, -0.1) is 0 Å². The summed E-state index contributed by atoms with van der Waals surface area (Å²) < 4.78 is 7.02. The molecule has 0 saturated carbocycles. The predicted octanol–water partition coefficient (Wildman–Crippen LogP) is 2.19. The van der Waals surface area contributed by atoms with Crippen LogP contribution in [0.25, 0.3) is 11.0 Å². The summed E-state index contributed by atoms with van der Waals surface area (Å²) in [6.07, 6.45) is 0. The number of aromatic amines is 1. The van der Waals surface area contributed by atoms with E-state index in [-0.39, 0.29) is 18.2 Å². The van der Waals surface area contributed by atoms with Gasteiger partial charge in [0.15, 0.2) is 6.61 Å². The highest BCUT2D eigenvalue weighted by Gasteiger charge is 2.08. The molecular weight excluding hydrogens is 294 g/mol. The number of aromatic nitrogens is 2. The SMILES string of the molecule is Cc1ccccc1OCC(=O)Nc1ccc2c(c1)[nH]c(=O)n2C. The Morgan fingerprint density at radius 1 is 1.26 bits per heavy atom. The zero-order chi connectivity index (χ0) is 16.4. The van der Waals surface area contributed by atoms with Crippen molar-refractivity contribution in [1.29, 1.82) is 0 Å². The van der Waals surface area contributed by atoms with E-state index in [1.54, 1.807) is 25.2 Å². The first-order valence-corrected chi connectivity index (χ1v) is 7.21. The molecule has 0 aliphatic heterocycles. The van der Waals surface area contributed by atoms with Crippen molar-refractivity contribution in [3.8, 4) is 5.75 Å². The Morgan fingerprint density at radius 3 is 2.83 bits per heavy atom. The van der Waals surface area contributed by atoms with E-state index >= 15 is 0 Å². The second-order valence-electron chi connectivity index (χ2n) is 5.32. The van der Waals surface area contributed by atoms with Crippen LogP contribution in [-0.4, -0.2) is 22.1 Å². The van der Waals surface area contributed by atoms with Crippen LogP contribution in [0.1, 0.15) is 5.56 Å². The molecule has 0 unspecified atom stereocenters. The van der Waals surface area contributed by atoms with Crippen molar-refractivity contribution < 1.29 is 9.53 Å². The number of carbonyl (C=O) groups excluding carboxylic acids is 1. The number of rotatable bonds is 4. The van der Waals surface area contributed by atoms with Gasteiger partial charge in [-0.1, -0.05) is 18.2 Å². The van der Waals surface area contributed by atoms with Crippen LogP contribution in [-0.2, 0) is 11.8 Å². The molecule has 2 aromatic carbocycles. The largest absolute Gasteiger partial charge is 0.483 e. The first kappa shape index (κ1) is 14.9. The molecule has 1 aromatic heterocycles. The normalized spacial score (nSPS) is 10.7. The molecular formula is C17H17N3O3. The van der Waals surface area contributed by atoms with Crippen molar-refractivity contribution in [2.24, 2.45) is 7.05 Å². The van der Waals surface area contributed by atoms with Crippen molar-refractivity contribution in [2.75, 3.05) is 11.9 Å². The molecule has 6 nitrogen and oxygen atoms in total. The van der Waals surface area contributed by atoms with Gasteiger partial charge in [-0.2, -0.15) is 0 Å². The predicted molar refractivity (Wildman–Crippen MR) is 88.8 cm³/mol. The van der Waals surface area contributed by atoms with Gasteiger partial charge in [0.1, 0.15) is 5.75 Å². The Labute approximate surface area is 132 Å². The van der Waals surface area contributed by atoms with Gasteiger partial charge in [-0.25, -0.2) is 4.79 Å². The van der Waals surface area contributed by atoms with Crippen LogP contribution < -0.4 is 15.7 Å². The van der Waals surface area contributed by atoms with E-state index < -0.39 is 0 Å². The van der Waals surface area contributed by atoms with Crippen LogP contribution >= 0.6 is 0 Å². The quantitative estimate of drug-likeness (QED) is 0.775. The van der Waals surface area contributed by atoms with Crippen molar-refractivity contribution in [3.05, 3.63) is 58.5 Å². The summed E-state index contributed by atoms with van der Waals surface area (Å²) in [6.45, 7) is 1.85. The average molecular weight is 311 g/mol. The van der Waals surface area contributed by atoms with E-state index in [9.17, 15) is 9.59 Å². The molecule has 0 saturated heterocycles. The lowest BCUT2D eigenvalue weighted by atomic mass is 10.2. The molecule has 0 aliphatic carbocycles. The summed E-state index contributed by atoms with van der Waals surface area (Å²) in [5.74, 6) is 0.427. The van der Waals surface area contributed by atoms with Crippen LogP contribution in [0.4, 0.5) is 5.69 Å². The van der Waals surface area contributed by atoms with E-state index in [1.165, 1.54) is 4.57 Å². The van der Waals surface area contributed by atoms with E-state index in [0.717, 1.165) is 11.1 Å². The summed E-state index contributed by atoms with van der Waals surface area (Å²) in [4.78, 5) is 26.3. The maximum Gasteiger partial charge on any atom is 0.326 e. The summed E-state index contributed by atoms with van der Waals surface area (Å²) in [7, 11) is 1.69. The highest BCUT2D eigenvalue weighted by atomic mass is 16.5. The Balaban J connectivity index is 1.68. The van der Waals surface area contributed by atoms with Crippen LogP contribution in [0.3, 0.4) is 0 Å². The minimum atomic E-state index is -0.258. The number of hydrogen-bond acceptors (Lipinski definition) is 3. The number of benzene rings is 2. The molecule has 0 spiro atoms. The van der Waals surface area contributed by atoms with Gasteiger partial charge in [0.2, 0.25) is 0 Å². The molecule has 0 aliphatic rings. The molecule has 6 heteroatoms. The topological polar surface area (TPSA) is 76.1 Å². The fourth-order valence-electron chi connectivity index (χ4n) is 2.37. The lowest BCUT2D eigenvalue weighted by Gasteiger charge is -2.09. The standard InChI is InChI=1S/C17H17N3O3/c1-11-5-3-4-6-15(11)23-10-16(21)18-12-7-8-14-13(9-12)19-17(22)20(14)2/h3-9H,10H2,1-2H3,(H,18,21)(H,19,22). The van der Waals surface area contributed by atoms with Gasteiger partial charge >= 0.3 is 5.69 Å². The monoisotopic (exact) mass is 311 g/mol. The molecule has 23 heavy (non-hydrogen) atoms. The molecule has 2 N–H and O–H groups in total. The van der Waals surface area contributed by atoms with Crippen molar-refractivity contribution in [1.82, 2.24) is 9.55 Å². The van der Waals surface area contributed by atoms with Crippen molar-refractivity contribution in [2.45, 2.75) is 6.92 Å². The zero-order valence-corrected chi connectivity index (χ0v) is 12.9. The Bertz CT molecular complexity index is 924. The molecule has 0 radical (unpaired) electrons. The highest BCUT2D eigenvalue weighted by molar-refractivity contribution is 5.94. The fraction of sp³-hybridized carbons (Fsp3) is 0.176. The Morgan fingerprint density at radius 2 is 2.04 bits per heavy atom. The molecule has 1 heterocycles. The molecule has 1 amide bonds. The number of carbonyl (C=O) groups is 1. The fourth-order valence-corrected chi connectivity index (χ4v) is 2.37. The third-order valence-electron chi connectivity index (χ3n) is 3.64. The molecule has 0 bridgehead atoms. The average Bonchev–Trinajstić information content (AvgIpc) is 2.81. The highest BCUT2D eigenvalue weighted by Crippen LogP contribution is 2.17. The maximum atomic E-state index is 12.0. The summed E-state index contributed by atoms with van der Waals surface area (Å²) >= 11 is 0.